The maximum atomic E-state index is 13.0. The molecular formula is C22H14ClN3O5. The van der Waals surface area contributed by atoms with E-state index in [-0.39, 0.29) is 28.2 Å². The Morgan fingerprint density at radius 2 is 1.81 bits per heavy atom. The summed E-state index contributed by atoms with van der Waals surface area (Å²) < 4.78 is 0. The van der Waals surface area contributed by atoms with Gasteiger partial charge in [0, 0.05) is 28.9 Å². The van der Waals surface area contributed by atoms with Crippen molar-refractivity contribution in [2.45, 2.75) is 6.04 Å². The van der Waals surface area contributed by atoms with Crippen LogP contribution in [0.4, 0.5) is 11.5 Å². The zero-order valence-corrected chi connectivity index (χ0v) is 16.6. The van der Waals surface area contributed by atoms with Gasteiger partial charge in [0.2, 0.25) is 0 Å². The van der Waals surface area contributed by atoms with E-state index in [1.54, 1.807) is 18.2 Å². The number of nitro groups is 1. The number of aliphatic hydroxyl groups excluding tert-OH is 1. The number of hydrogen-bond acceptors (Lipinski definition) is 6. The van der Waals surface area contributed by atoms with Crippen molar-refractivity contribution in [3.63, 3.8) is 0 Å². The van der Waals surface area contributed by atoms with Gasteiger partial charge in [0.25, 0.3) is 11.5 Å². The summed E-state index contributed by atoms with van der Waals surface area (Å²) in [7, 11) is 0. The molecule has 31 heavy (non-hydrogen) atoms. The lowest BCUT2D eigenvalue weighted by atomic mass is 9.95. The molecule has 0 bridgehead atoms. The first-order chi connectivity index (χ1) is 14.9. The second-order valence-corrected chi connectivity index (χ2v) is 7.15. The van der Waals surface area contributed by atoms with E-state index in [1.165, 1.54) is 54.7 Å². The molecular weight excluding hydrogens is 422 g/mol. The molecule has 1 atom stereocenters. The number of carbonyl (C=O) groups is 2. The van der Waals surface area contributed by atoms with Crippen LogP contribution in [0.2, 0.25) is 5.02 Å². The Kier molecular flexibility index (Phi) is 5.22. The van der Waals surface area contributed by atoms with Crippen LogP contribution in [0, 0.1) is 10.1 Å². The topological polar surface area (TPSA) is 114 Å². The lowest BCUT2D eigenvalue weighted by Crippen LogP contribution is -2.30. The van der Waals surface area contributed by atoms with E-state index in [4.69, 9.17) is 11.6 Å². The van der Waals surface area contributed by atoms with Gasteiger partial charge in [-0.25, -0.2) is 4.98 Å². The SMILES string of the molecule is O=C1C(=O)N(c2ccccn2)C(c2cccc([N+](=O)[O-])c2)C1=C(O)c1ccc(Cl)cc1. The smallest absolute Gasteiger partial charge is 0.301 e. The third-order valence-electron chi connectivity index (χ3n) is 4.85. The average Bonchev–Trinajstić information content (AvgIpc) is 3.05. The number of nitro benzene ring substituents is 1. The largest absolute Gasteiger partial charge is 0.507 e. The summed E-state index contributed by atoms with van der Waals surface area (Å²) in [5.74, 6) is -2.05. The van der Waals surface area contributed by atoms with Gasteiger partial charge in [0.1, 0.15) is 11.6 Å². The molecule has 4 rings (SSSR count). The highest BCUT2D eigenvalue weighted by Gasteiger charge is 2.47. The molecule has 0 aliphatic carbocycles. The van der Waals surface area contributed by atoms with Crippen molar-refractivity contribution >= 4 is 40.6 Å². The van der Waals surface area contributed by atoms with Crippen molar-refractivity contribution < 1.29 is 19.6 Å². The number of aromatic nitrogens is 1. The van der Waals surface area contributed by atoms with Gasteiger partial charge in [-0.05, 0) is 42.0 Å². The lowest BCUT2D eigenvalue weighted by Gasteiger charge is -2.24. The van der Waals surface area contributed by atoms with Gasteiger partial charge in [-0.1, -0.05) is 29.8 Å². The molecule has 2 heterocycles. The predicted octanol–water partition coefficient (Wildman–Crippen LogP) is 4.27. The molecule has 0 radical (unpaired) electrons. The minimum atomic E-state index is -1.11. The highest BCUT2D eigenvalue weighted by atomic mass is 35.5. The Morgan fingerprint density at radius 3 is 2.45 bits per heavy atom. The van der Waals surface area contributed by atoms with Crippen LogP contribution >= 0.6 is 11.6 Å². The number of nitrogens with zero attached hydrogens (tertiary/aromatic N) is 3. The van der Waals surface area contributed by atoms with Crippen molar-refractivity contribution in [1.82, 2.24) is 4.98 Å². The molecule has 3 aromatic rings. The first kappa shape index (κ1) is 20.2. The summed E-state index contributed by atoms with van der Waals surface area (Å²) in [4.78, 5) is 41.9. The summed E-state index contributed by atoms with van der Waals surface area (Å²) in [6, 6.07) is 15.4. The molecule has 1 aliphatic rings. The number of halogens is 1. The van der Waals surface area contributed by atoms with E-state index < -0.39 is 28.4 Å². The Hall–Kier alpha value is -4.04. The molecule has 1 fully saturated rings. The number of hydrogen-bond donors (Lipinski definition) is 1. The molecule has 154 valence electrons. The molecule has 1 unspecified atom stereocenters. The van der Waals surface area contributed by atoms with Crippen LogP contribution < -0.4 is 4.90 Å². The molecule has 1 saturated heterocycles. The molecule has 9 heteroatoms. The third-order valence-corrected chi connectivity index (χ3v) is 5.11. The van der Waals surface area contributed by atoms with E-state index in [0.717, 1.165) is 4.90 Å². The fraction of sp³-hybridized carbons (Fsp3) is 0.0455. The van der Waals surface area contributed by atoms with Gasteiger partial charge in [-0.15, -0.1) is 0 Å². The van der Waals surface area contributed by atoms with Crippen LogP contribution in [0.25, 0.3) is 5.76 Å². The summed E-state index contributed by atoms with van der Waals surface area (Å²) in [5.41, 5.74) is 0.155. The van der Waals surface area contributed by atoms with E-state index >= 15 is 0 Å². The quantitative estimate of drug-likeness (QED) is 0.215. The predicted molar refractivity (Wildman–Crippen MR) is 114 cm³/mol. The maximum absolute atomic E-state index is 13.0. The number of rotatable bonds is 4. The molecule has 8 nitrogen and oxygen atoms in total. The van der Waals surface area contributed by atoms with Crippen molar-refractivity contribution in [2.24, 2.45) is 0 Å². The first-order valence-electron chi connectivity index (χ1n) is 9.11. The molecule has 1 aromatic heterocycles. The zero-order chi connectivity index (χ0) is 22.1. The van der Waals surface area contributed by atoms with Crippen molar-refractivity contribution in [3.8, 4) is 0 Å². The van der Waals surface area contributed by atoms with Crippen molar-refractivity contribution in [2.75, 3.05) is 4.90 Å². The van der Waals surface area contributed by atoms with E-state index in [9.17, 15) is 24.8 Å². The fourth-order valence-corrected chi connectivity index (χ4v) is 3.58. The van der Waals surface area contributed by atoms with Gasteiger partial charge in [-0.3, -0.25) is 24.6 Å². The summed E-state index contributed by atoms with van der Waals surface area (Å²) in [6.45, 7) is 0. The number of amides is 1. The number of aliphatic hydroxyl groups is 1. The minimum Gasteiger partial charge on any atom is -0.507 e. The Labute approximate surface area is 181 Å². The van der Waals surface area contributed by atoms with Crippen LogP contribution in [-0.2, 0) is 9.59 Å². The van der Waals surface area contributed by atoms with Crippen LogP contribution in [0.3, 0.4) is 0 Å². The third kappa shape index (κ3) is 3.64. The Bertz CT molecular complexity index is 1230. The number of anilines is 1. The van der Waals surface area contributed by atoms with Crippen LogP contribution in [0.5, 0.6) is 0 Å². The fourth-order valence-electron chi connectivity index (χ4n) is 3.45. The number of non-ortho nitro benzene ring substituents is 1. The molecule has 1 N–H and O–H groups in total. The molecule has 0 saturated carbocycles. The number of ketones is 1. The van der Waals surface area contributed by atoms with Gasteiger partial charge >= 0.3 is 5.91 Å². The van der Waals surface area contributed by atoms with Gasteiger partial charge in [0.15, 0.2) is 0 Å². The first-order valence-corrected chi connectivity index (χ1v) is 9.48. The highest BCUT2D eigenvalue weighted by molar-refractivity contribution is 6.51. The molecule has 2 aromatic carbocycles. The van der Waals surface area contributed by atoms with E-state index in [1.807, 2.05) is 0 Å². The van der Waals surface area contributed by atoms with Crippen LogP contribution in [0.1, 0.15) is 17.2 Å². The summed E-state index contributed by atoms with van der Waals surface area (Å²) >= 11 is 5.90. The highest BCUT2D eigenvalue weighted by Crippen LogP contribution is 2.42. The van der Waals surface area contributed by atoms with Crippen LogP contribution in [-0.4, -0.2) is 26.7 Å². The Balaban J connectivity index is 1.96. The number of Topliss-reactive ketones (excluding diaryl/α,β-unsaturated/α-hetero) is 1. The maximum Gasteiger partial charge on any atom is 0.301 e. The number of benzene rings is 2. The van der Waals surface area contributed by atoms with E-state index in [0.29, 0.717) is 5.02 Å². The standard InChI is InChI=1S/C22H14ClN3O5/c23-15-9-7-13(8-10-15)20(27)18-19(14-4-3-5-16(12-14)26(30)31)25(22(29)21(18)28)17-6-1-2-11-24-17/h1-12,19,27H. The second kappa shape index (κ2) is 8.00. The van der Waals surface area contributed by atoms with Gasteiger partial charge in [0.05, 0.1) is 16.5 Å². The number of pyridine rings is 1. The second-order valence-electron chi connectivity index (χ2n) is 6.72. The molecule has 0 spiro atoms. The van der Waals surface area contributed by atoms with Gasteiger partial charge in [-0.2, -0.15) is 0 Å². The Morgan fingerprint density at radius 1 is 1.06 bits per heavy atom. The normalized spacial score (nSPS) is 17.7. The van der Waals surface area contributed by atoms with Crippen LogP contribution in [0.15, 0.2) is 78.5 Å². The summed E-state index contributed by atoms with van der Waals surface area (Å²) in [5, 5.41) is 22.7. The minimum absolute atomic E-state index is 0.177. The molecule has 1 amide bonds. The van der Waals surface area contributed by atoms with Crippen molar-refractivity contribution in [3.05, 3.63) is 105 Å². The monoisotopic (exact) mass is 435 g/mol. The van der Waals surface area contributed by atoms with Crippen molar-refractivity contribution in [1.29, 1.82) is 0 Å². The lowest BCUT2D eigenvalue weighted by molar-refractivity contribution is -0.384. The van der Waals surface area contributed by atoms with E-state index in [2.05, 4.69) is 4.98 Å². The molecule has 1 aliphatic heterocycles. The van der Waals surface area contributed by atoms with Gasteiger partial charge < -0.3 is 5.11 Å². The average molecular weight is 436 g/mol. The number of carbonyl (C=O) groups excluding carboxylic acids is 2. The zero-order valence-electron chi connectivity index (χ0n) is 15.8. The summed E-state index contributed by atoms with van der Waals surface area (Å²) in [6.07, 6.45) is 1.46.